The smallest absolute Gasteiger partial charge is 0.103 e. The van der Waals surface area contributed by atoms with Gasteiger partial charge in [0.25, 0.3) is 11.4 Å². The molecular formula is C37H38N2+2. The van der Waals surface area contributed by atoms with Crippen LogP contribution in [-0.4, -0.2) is 0 Å². The van der Waals surface area contributed by atoms with Crippen molar-refractivity contribution in [3.05, 3.63) is 145 Å². The van der Waals surface area contributed by atoms with E-state index in [4.69, 9.17) is 0 Å². The van der Waals surface area contributed by atoms with Crippen LogP contribution in [0, 0.1) is 0 Å². The monoisotopic (exact) mass is 510 g/mol. The summed E-state index contributed by atoms with van der Waals surface area (Å²) in [5, 5.41) is 0. The molecule has 0 N–H and O–H groups in total. The summed E-state index contributed by atoms with van der Waals surface area (Å²) in [5.74, 6) is 0. The largest absolute Gasteiger partial charge is 0.284 e. The number of hydrogen-bond acceptors (Lipinski definition) is 0. The van der Waals surface area contributed by atoms with Gasteiger partial charge in [0, 0.05) is 24.3 Å². The highest BCUT2D eigenvalue weighted by atomic mass is 15.4. The van der Waals surface area contributed by atoms with Crippen molar-refractivity contribution in [2.75, 3.05) is 0 Å². The fourth-order valence-corrected chi connectivity index (χ4v) is 5.48. The highest BCUT2D eigenvalue weighted by Gasteiger charge is 2.33. The molecule has 2 heterocycles. The third-order valence-corrected chi connectivity index (χ3v) is 8.18. The predicted octanol–water partition coefficient (Wildman–Crippen LogP) is 8.38. The second kappa shape index (κ2) is 11.6. The van der Waals surface area contributed by atoms with Crippen LogP contribution in [0.4, 0.5) is 0 Å². The summed E-state index contributed by atoms with van der Waals surface area (Å²) < 4.78 is 4.55. The molecule has 3 aromatic carbocycles. The van der Waals surface area contributed by atoms with E-state index in [2.05, 4.69) is 158 Å². The van der Waals surface area contributed by atoms with Crippen molar-refractivity contribution in [2.24, 2.45) is 0 Å². The predicted molar refractivity (Wildman–Crippen MR) is 162 cm³/mol. The maximum Gasteiger partial charge on any atom is 0.284 e. The molecule has 2 aromatic heterocycles. The van der Waals surface area contributed by atoms with Crippen LogP contribution in [0.3, 0.4) is 0 Å². The van der Waals surface area contributed by atoms with Gasteiger partial charge in [0.1, 0.15) is 0 Å². The first-order valence-electron chi connectivity index (χ1n) is 14.0. The number of aromatic nitrogens is 2. The van der Waals surface area contributed by atoms with Crippen LogP contribution in [0.1, 0.15) is 44.7 Å². The number of benzene rings is 3. The topological polar surface area (TPSA) is 7.76 Å². The highest BCUT2D eigenvalue weighted by molar-refractivity contribution is 5.72. The Morgan fingerprint density at radius 1 is 0.641 bits per heavy atom. The molecule has 0 fully saturated rings. The van der Waals surface area contributed by atoms with Gasteiger partial charge in [0.15, 0.2) is 0 Å². The van der Waals surface area contributed by atoms with Crippen molar-refractivity contribution in [3.8, 4) is 33.6 Å². The van der Waals surface area contributed by atoms with Gasteiger partial charge in [0.2, 0.25) is 12.4 Å². The van der Waals surface area contributed by atoms with E-state index < -0.39 is 0 Å². The number of pyridine rings is 2. The first-order chi connectivity index (χ1) is 19.1. The quantitative estimate of drug-likeness (QED) is 0.139. The Bertz CT molecular complexity index is 1580. The third kappa shape index (κ3) is 5.20. The Kier molecular flexibility index (Phi) is 7.84. The Morgan fingerprint density at radius 2 is 1.23 bits per heavy atom. The van der Waals surface area contributed by atoms with Gasteiger partial charge in [-0.1, -0.05) is 81.4 Å². The maximum absolute atomic E-state index is 3.99. The van der Waals surface area contributed by atoms with Crippen molar-refractivity contribution < 1.29 is 9.35 Å². The van der Waals surface area contributed by atoms with Crippen molar-refractivity contribution in [2.45, 2.75) is 45.4 Å². The summed E-state index contributed by atoms with van der Waals surface area (Å²) in [7, 11) is 0. The number of rotatable bonds is 9. The second-order valence-electron chi connectivity index (χ2n) is 10.4. The van der Waals surface area contributed by atoms with Crippen LogP contribution in [0.5, 0.6) is 0 Å². The molecule has 0 aliphatic carbocycles. The van der Waals surface area contributed by atoms with Crippen molar-refractivity contribution in [1.29, 1.82) is 0 Å². The normalized spacial score (nSPS) is 11.4. The van der Waals surface area contributed by atoms with Crippen LogP contribution in [-0.2, 0) is 11.8 Å². The van der Waals surface area contributed by atoms with E-state index in [0.717, 1.165) is 25.0 Å². The van der Waals surface area contributed by atoms with Gasteiger partial charge in [-0.05, 0) is 77.3 Å². The minimum Gasteiger partial charge on any atom is -0.103 e. The van der Waals surface area contributed by atoms with Crippen LogP contribution < -0.4 is 9.35 Å². The zero-order chi connectivity index (χ0) is 27.2. The molecule has 0 spiro atoms. The van der Waals surface area contributed by atoms with E-state index in [9.17, 15) is 0 Å². The summed E-state index contributed by atoms with van der Waals surface area (Å²) in [4.78, 5) is 0. The van der Waals surface area contributed by atoms with Crippen molar-refractivity contribution in [3.63, 3.8) is 0 Å². The Morgan fingerprint density at radius 3 is 1.87 bits per heavy atom. The molecule has 2 heteroatoms. The number of nitrogens with zero attached hydrogens (tertiary/aromatic N) is 2. The summed E-state index contributed by atoms with van der Waals surface area (Å²) >= 11 is 0. The molecule has 0 saturated carbocycles. The molecule has 39 heavy (non-hydrogen) atoms. The summed E-state index contributed by atoms with van der Waals surface area (Å²) in [5.41, 5.74) is 10.0. The molecule has 5 rings (SSSR count). The van der Waals surface area contributed by atoms with E-state index in [1.54, 1.807) is 0 Å². The van der Waals surface area contributed by atoms with Crippen LogP contribution in [0.2, 0.25) is 0 Å². The van der Waals surface area contributed by atoms with E-state index >= 15 is 0 Å². The average molecular weight is 511 g/mol. The average Bonchev–Trinajstić information content (AvgIpc) is 3.01. The van der Waals surface area contributed by atoms with E-state index in [1.165, 1.54) is 39.1 Å². The fourth-order valence-electron chi connectivity index (χ4n) is 5.48. The van der Waals surface area contributed by atoms with E-state index in [1.807, 2.05) is 6.08 Å². The Labute approximate surface area is 233 Å². The lowest BCUT2D eigenvalue weighted by Crippen LogP contribution is -2.68. The molecular weight excluding hydrogens is 472 g/mol. The highest BCUT2D eigenvalue weighted by Crippen LogP contribution is 2.39. The van der Waals surface area contributed by atoms with Crippen LogP contribution in [0.15, 0.2) is 134 Å². The molecule has 194 valence electrons. The minimum absolute atomic E-state index is 0.0501. The SMILES string of the molecule is C=CCc1ccccc1-c1cccc[n+]1-[n+]1ccccc1-c1ccc(-c2ccccc2)cc1C(C)(CC)CC. The summed E-state index contributed by atoms with van der Waals surface area (Å²) in [6.07, 6.45) is 9.26. The van der Waals surface area contributed by atoms with Gasteiger partial charge in [-0.15, -0.1) is 6.58 Å². The Hall–Kier alpha value is -4.30. The molecule has 5 aromatic rings. The zero-order valence-electron chi connectivity index (χ0n) is 23.3. The molecule has 2 nitrogen and oxygen atoms in total. The molecule has 0 saturated heterocycles. The first kappa shape index (κ1) is 26.3. The first-order valence-corrected chi connectivity index (χ1v) is 14.0. The van der Waals surface area contributed by atoms with Gasteiger partial charge in [-0.25, -0.2) is 0 Å². The molecule has 0 atom stereocenters. The third-order valence-electron chi connectivity index (χ3n) is 8.18. The lowest BCUT2D eigenvalue weighted by molar-refractivity contribution is -1.29. The van der Waals surface area contributed by atoms with Crippen LogP contribution >= 0.6 is 0 Å². The minimum atomic E-state index is 0.0501. The van der Waals surface area contributed by atoms with Gasteiger partial charge >= 0.3 is 0 Å². The Balaban J connectivity index is 1.74. The van der Waals surface area contributed by atoms with Gasteiger partial charge in [-0.2, -0.15) is 0 Å². The molecule has 0 amide bonds. The number of allylic oxidation sites excluding steroid dienone is 1. The van der Waals surface area contributed by atoms with Gasteiger partial charge in [-0.3, -0.25) is 0 Å². The zero-order valence-corrected chi connectivity index (χ0v) is 23.3. The van der Waals surface area contributed by atoms with Crippen molar-refractivity contribution in [1.82, 2.24) is 0 Å². The van der Waals surface area contributed by atoms with E-state index in [0.29, 0.717) is 0 Å². The van der Waals surface area contributed by atoms with Crippen molar-refractivity contribution >= 4 is 0 Å². The van der Waals surface area contributed by atoms with Gasteiger partial charge < -0.3 is 0 Å². The molecule has 0 aliphatic rings. The van der Waals surface area contributed by atoms with Gasteiger partial charge in [0.05, 0.1) is 20.5 Å². The molecule has 0 unspecified atom stereocenters. The standard InChI is InChI=1S/C37H38N2/c1-5-17-30-20-11-12-21-32(30)35-22-13-15-26-38(35)39-27-16-14-23-36(39)33-25-24-31(29-18-9-8-10-19-29)28-34(33)37(4,6-2)7-3/h5,8-16,18-28H,1,6-7,17H2,2-4H3/q+2. The summed E-state index contributed by atoms with van der Waals surface area (Å²) in [6, 6.07) is 39.3. The molecule has 0 radical (unpaired) electrons. The lowest BCUT2D eigenvalue weighted by Gasteiger charge is -2.29. The van der Waals surface area contributed by atoms with E-state index in [-0.39, 0.29) is 5.41 Å². The number of hydrogen-bond donors (Lipinski definition) is 0. The molecule has 0 bridgehead atoms. The maximum atomic E-state index is 3.99. The second-order valence-corrected chi connectivity index (χ2v) is 10.4. The lowest BCUT2D eigenvalue weighted by atomic mass is 9.74. The molecule has 0 aliphatic heterocycles. The summed E-state index contributed by atoms with van der Waals surface area (Å²) in [6.45, 7) is 11.0. The fraction of sp³-hybridized carbons (Fsp3) is 0.189. The van der Waals surface area contributed by atoms with Crippen LogP contribution in [0.25, 0.3) is 33.6 Å².